The molecule has 0 aliphatic carbocycles. The van der Waals surface area contributed by atoms with Crippen molar-refractivity contribution in [2.24, 2.45) is 5.92 Å². The van der Waals surface area contributed by atoms with Crippen LogP contribution in [-0.4, -0.2) is 18.8 Å². The minimum atomic E-state index is 0.0938. The highest BCUT2D eigenvalue weighted by Gasteiger charge is 2.41. The molecule has 0 spiro atoms. The van der Waals surface area contributed by atoms with Crippen molar-refractivity contribution in [1.29, 1.82) is 0 Å². The third-order valence-electron chi connectivity index (χ3n) is 4.53. The summed E-state index contributed by atoms with van der Waals surface area (Å²) in [6.07, 6.45) is 3.05. The maximum absolute atomic E-state index is 6.06. The van der Waals surface area contributed by atoms with Gasteiger partial charge < -0.3 is 9.47 Å². The molecule has 2 nitrogen and oxygen atoms in total. The smallest absolute Gasteiger partial charge is 0.126 e. The predicted molar refractivity (Wildman–Crippen MR) is 92.9 cm³/mol. The molecular formula is C20H32O2. The van der Waals surface area contributed by atoms with Crippen LogP contribution in [-0.2, 0) is 16.6 Å². The maximum Gasteiger partial charge on any atom is 0.126 e. The molecule has 2 heteroatoms. The fraction of sp³-hybridized carbons (Fsp3) is 0.700. The minimum absolute atomic E-state index is 0.0938. The molecule has 0 bridgehead atoms. The van der Waals surface area contributed by atoms with E-state index in [-0.39, 0.29) is 5.41 Å². The van der Waals surface area contributed by atoms with Crippen LogP contribution >= 0.6 is 0 Å². The standard InChI is InChI=1S/C20H32O2/c1-8-17-18(22-17)14(4)12-15-10-13(3)11-16(20(5,6)7)19(15)21-9-2/h10-11,14,17-18H,8-9,12H2,1-7H3. The van der Waals surface area contributed by atoms with E-state index in [4.69, 9.17) is 9.47 Å². The van der Waals surface area contributed by atoms with Gasteiger partial charge in [-0.15, -0.1) is 0 Å². The Morgan fingerprint density at radius 2 is 1.91 bits per heavy atom. The summed E-state index contributed by atoms with van der Waals surface area (Å²) in [6.45, 7) is 16.2. The van der Waals surface area contributed by atoms with Crippen molar-refractivity contribution in [2.45, 2.75) is 78.9 Å². The third-order valence-corrected chi connectivity index (χ3v) is 4.53. The van der Waals surface area contributed by atoms with Crippen LogP contribution in [0.5, 0.6) is 5.75 Å². The molecule has 0 amide bonds. The molecule has 22 heavy (non-hydrogen) atoms. The van der Waals surface area contributed by atoms with Gasteiger partial charge in [-0.25, -0.2) is 0 Å². The Hall–Kier alpha value is -1.02. The van der Waals surface area contributed by atoms with E-state index in [1.807, 2.05) is 0 Å². The zero-order valence-corrected chi connectivity index (χ0v) is 15.3. The van der Waals surface area contributed by atoms with E-state index in [1.54, 1.807) is 0 Å². The largest absolute Gasteiger partial charge is 0.493 e. The van der Waals surface area contributed by atoms with Gasteiger partial charge in [0, 0.05) is 5.56 Å². The summed E-state index contributed by atoms with van der Waals surface area (Å²) in [5.74, 6) is 1.64. The summed E-state index contributed by atoms with van der Waals surface area (Å²) < 4.78 is 11.8. The van der Waals surface area contributed by atoms with Crippen molar-refractivity contribution in [3.05, 3.63) is 28.8 Å². The van der Waals surface area contributed by atoms with Gasteiger partial charge in [0.25, 0.3) is 0 Å². The summed E-state index contributed by atoms with van der Waals surface area (Å²) in [4.78, 5) is 0. The highest BCUT2D eigenvalue weighted by molar-refractivity contribution is 5.48. The molecule has 0 saturated carbocycles. The number of hydrogen-bond donors (Lipinski definition) is 0. The zero-order chi connectivity index (χ0) is 16.5. The quantitative estimate of drug-likeness (QED) is 0.686. The molecular weight excluding hydrogens is 272 g/mol. The first-order valence-corrected chi connectivity index (χ1v) is 8.70. The maximum atomic E-state index is 6.06. The second-order valence-corrected chi connectivity index (χ2v) is 7.71. The van der Waals surface area contributed by atoms with E-state index in [9.17, 15) is 0 Å². The van der Waals surface area contributed by atoms with Gasteiger partial charge in [-0.2, -0.15) is 0 Å². The number of ether oxygens (including phenoxy) is 2. The van der Waals surface area contributed by atoms with Crippen LogP contribution in [0.4, 0.5) is 0 Å². The summed E-state index contributed by atoms with van der Waals surface area (Å²) >= 11 is 0. The van der Waals surface area contributed by atoms with Crippen LogP contribution < -0.4 is 4.74 Å². The number of epoxide rings is 1. The number of benzene rings is 1. The molecule has 1 heterocycles. The van der Waals surface area contributed by atoms with Crippen molar-refractivity contribution in [3.63, 3.8) is 0 Å². The Bertz CT molecular complexity index is 513. The predicted octanol–water partition coefficient (Wildman–Crippen LogP) is 5.05. The second-order valence-electron chi connectivity index (χ2n) is 7.71. The first-order valence-electron chi connectivity index (χ1n) is 8.70. The van der Waals surface area contributed by atoms with E-state index in [1.165, 1.54) is 16.7 Å². The molecule has 1 saturated heterocycles. The lowest BCUT2D eigenvalue weighted by Gasteiger charge is -2.26. The average Bonchev–Trinajstić information content (AvgIpc) is 3.20. The molecule has 1 aliphatic rings. The topological polar surface area (TPSA) is 21.8 Å². The lowest BCUT2D eigenvalue weighted by molar-refractivity contribution is 0.310. The Morgan fingerprint density at radius 3 is 2.41 bits per heavy atom. The van der Waals surface area contributed by atoms with Crippen LogP contribution in [0.15, 0.2) is 12.1 Å². The minimum Gasteiger partial charge on any atom is -0.493 e. The summed E-state index contributed by atoms with van der Waals surface area (Å²) in [5.41, 5.74) is 4.07. The van der Waals surface area contributed by atoms with E-state index in [0.29, 0.717) is 24.7 Å². The average molecular weight is 304 g/mol. The molecule has 0 N–H and O–H groups in total. The van der Waals surface area contributed by atoms with Gasteiger partial charge in [0.2, 0.25) is 0 Å². The van der Waals surface area contributed by atoms with Gasteiger partial charge in [0.05, 0.1) is 18.8 Å². The Morgan fingerprint density at radius 1 is 1.23 bits per heavy atom. The van der Waals surface area contributed by atoms with Crippen LogP contribution in [0.3, 0.4) is 0 Å². The highest BCUT2D eigenvalue weighted by atomic mass is 16.6. The van der Waals surface area contributed by atoms with Crippen LogP contribution in [0.1, 0.15) is 64.7 Å². The molecule has 1 fully saturated rings. The van der Waals surface area contributed by atoms with Gasteiger partial charge in [0.1, 0.15) is 5.75 Å². The number of hydrogen-bond acceptors (Lipinski definition) is 2. The first kappa shape index (κ1) is 17.3. The van der Waals surface area contributed by atoms with Crippen LogP contribution in [0.25, 0.3) is 0 Å². The monoisotopic (exact) mass is 304 g/mol. The summed E-state index contributed by atoms with van der Waals surface area (Å²) in [5, 5.41) is 0. The van der Waals surface area contributed by atoms with Crippen molar-refractivity contribution >= 4 is 0 Å². The van der Waals surface area contributed by atoms with E-state index < -0.39 is 0 Å². The lowest BCUT2D eigenvalue weighted by atomic mass is 9.82. The molecule has 3 atom stereocenters. The summed E-state index contributed by atoms with van der Waals surface area (Å²) in [7, 11) is 0. The molecule has 1 aliphatic heterocycles. The van der Waals surface area contributed by atoms with Crippen molar-refractivity contribution in [1.82, 2.24) is 0 Å². The molecule has 2 rings (SSSR count). The van der Waals surface area contributed by atoms with Crippen LogP contribution in [0, 0.1) is 12.8 Å². The van der Waals surface area contributed by atoms with Gasteiger partial charge in [-0.05, 0) is 43.6 Å². The first-order chi connectivity index (χ1) is 10.3. The molecule has 1 aromatic carbocycles. The lowest BCUT2D eigenvalue weighted by Crippen LogP contribution is -2.17. The number of rotatable bonds is 6. The van der Waals surface area contributed by atoms with Crippen LogP contribution in [0.2, 0.25) is 0 Å². The summed E-state index contributed by atoms with van der Waals surface area (Å²) in [6, 6.07) is 4.57. The van der Waals surface area contributed by atoms with Gasteiger partial charge in [0.15, 0.2) is 0 Å². The highest BCUT2D eigenvalue weighted by Crippen LogP contribution is 2.39. The fourth-order valence-corrected chi connectivity index (χ4v) is 3.32. The van der Waals surface area contributed by atoms with Crippen molar-refractivity contribution in [2.75, 3.05) is 6.61 Å². The second kappa shape index (κ2) is 6.62. The molecule has 124 valence electrons. The molecule has 0 aromatic heterocycles. The number of aryl methyl sites for hydroxylation is 1. The van der Waals surface area contributed by atoms with E-state index in [2.05, 4.69) is 60.6 Å². The Labute approximate surface area is 136 Å². The Balaban J connectivity index is 2.31. The SMILES string of the molecule is CCOc1c(CC(C)C2OC2CC)cc(C)cc1C(C)(C)C. The van der Waals surface area contributed by atoms with Gasteiger partial charge >= 0.3 is 0 Å². The Kier molecular flexibility index (Phi) is 5.21. The molecule has 1 aromatic rings. The molecule has 3 unspecified atom stereocenters. The van der Waals surface area contributed by atoms with Gasteiger partial charge in [-0.1, -0.05) is 52.3 Å². The van der Waals surface area contributed by atoms with E-state index in [0.717, 1.165) is 18.6 Å². The normalized spacial score (nSPS) is 22.5. The third kappa shape index (κ3) is 3.84. The molecule has 0 radical (unpaired) electrons. The zero-order valence-electron chi connectivity index (χ0n) is 15.3. The van der Waals surface area contributed by atoms with E-state index >= 15 is 0 Å². The fourth-order valence-electron chi connectivity index (χ4n) is 3.32. The van der Waals surface area contributed by atoms with Crippen molar-refractivity contribution in [3.8, 4) is 5.75 Å². The van der Waals surface area contributed by atoms with Gasteiger partial charge in [-0.3, -0.25) is 0 Å². The van der Waals surface area contributed by atoms with Crippen molar-refractivity contribution < 1.29 is 9.47 Å².